The molecule has 2 heterocycles. The van der Waals surface area contributed by atoms with Crippen LogP contribution in [0.4, 0.5) is 0 Å². The summed E-state index contributed by atoms with van der Waals surface area (Å²) in [7, 11) is 0. The minimum absolute atomic E-state index is 0.794. The molecule has 0 aromatic carbocycles. The van der Waals surface area contributed by atoms with E-state index in [0.29, 0.717) is 0 Å². The van der Waals surface area contributed by atoms with Crippen LogP contribution in [0.1, 0.15) is 61.4 Å². The van der Waals surface area contributed by atoms with Gasteiger partial charge in [-0.25, -0.2) is 0 Å². The van der Waals surface area contributed by atoms with Crippen molar-refractivity contribution in [2.45, 2.75) is 63.3 Å². The first kappa shape index (κ1) is 11.0. The van der Waals surface area contributed by atoms with Gasteiger partial charge < -0.3 is 0 Å². The van der Waals surface area contributed by atoms with Crippen LogP contribution in [0.2, 0.25) is 0 Å². The first-order chi connectivity index (χ1) is 8.92. The molecule has 1 N–H and O–H groups in total. The molecule has 3 aliphatic rings. The Bertz CT molecular complexity index is 427. The van der Waals surface area contributed by atoms with Gasteiger partial charge in [-0.1, -0.05) is 12.8 Å². The average molecular weight is 245 g/mol. The molecular formula is C15H23N3. The smallest absolute Gasteiger partial charge is 0.0688 e. The Labute approximate surface area is 109 Å². The van der Waals surface area contributed by atoms with Crippen LogP contribution in [0, 0.1) is 0 Å². The number of hydrogen-bond donors (Lipinski definition) is 1. The van der Waals surface area contributed by atoms with E-state index in [4.69, 9.17) is 0 Å². The molecule has 3 heteroatoms. The fraction of sp³-hybridized carbons (Fsp3) is 0.800. The van der Waals surface area contributed by atoms with Crippen LogP contribution in [0.25, 0.3) is 0 Å². The van der Waals surface area contributed by atoms with Gasteiger partial charge in [0, 0.05) is 37.2 Å². The van der Waals surface area contributed by atoms with Crippen molar-refractivity contribution >= 4 is 0 Å². The lowest BCUT2D eigenvalue weighted by molar-refractivity contribution is 0.207. The summed E-state index contributed by atoms with van der Waals surface area (Å²) in [6, 6.07) is 0.881. The van der Waals surface area contributed by atoms with E-state index in [9.17, 15) is 0 Å². The number of nitrogens with one attached hydrogen (secondary N) is 1. The van der Waals surface area contributed by atoms with Crippen LogP contribution >= 0.6 is 0 Å². The first-order valence-electron chi connectivity index (χ1n) is 7.72. The third-order valence-corrected chi connectivity index (χ3v) is 5.09. The molecule has 0 atom stereocenters. The van der Waals surface area contributed by atoms with Gasteiger partial charge in [-0.05, 0) is 37.7 Å². The van der Waals surface area contributed by atoms with Crippen molar-refractivity contribution in [3.8, 4) is 0 Å². The molecule has 1 aromatic heterocycles. The monoisotopic (exact) mass is 245 g/mol. The summed E-state index contributed by atoms with van der Waals surface area (Å²) in [5.41, 5.74) is 4.44. The second-order valence-corrected chi connectivity index (χ2v) is 6.31. The SMILES string of the molecule is C1CCC(N2CCc3[nH]nc(C4CC4)c3CC2)C1. The number of H-pyrrole nitrogens is 1. The fourth-order valence-electron chi connectivity index (χ4n) is 3.85. The molecule has 0 amide bonds. The number of aromatic nitrogens is 2. The Morgan fingerprint density at radius 1 is 1.00 bits per heavy atom. The van der Waals surface area contributed by atoms with Gasteiger partial charge in [-0.3, -0.25) is 10.00 Å². The maximum absolute atomic E-state index is 4.58. The van der Waals surface area contributed by atoms with E-state index in [1.54, 1.807) is 5.56 Å². The zero-order chi connectivity index (χ0) is 11.9. The second-order valence-electron chi connectivity index (χ2n) is 6.31. The van der Waals surface area contributed by atoms with Crippen molar-refractivity contribution in [1.29, 1.82) is 0 Å². The highest BCUT2D eigenvalue weighted by Crippen LogP contribution is 2.41. The minimum Gasteiger partial charge on any atom is -0.300 e. The normalized spacial score (nSPS) is 26.2. The molecular weight excluding hydrogens is 222 g/mol. The van der Waals surface area contributed by atoms with Crippen LogP contribution < -0.4 is 0 Å². The third kappa shape index (κ3) is 1.89. The summed E-state index contributed by atoms with van der Waals surface area (Å²) >= 11 is 0. The van der Waals surface area contributed by atoms with Crippen LogP contribution in [-0.2, 0) is 12.8 Å². The number of rotatable bonds is 2. The standard InChI is InChI=1S/C15H23N3/c1-2-4-12(3-1)18-9-7-13-14(8-10-18)16-17-15(13)11-5-6-11/h11-12H,1-10H2,(H,16,17). The van der Waals surface area contributed by atoms with Gasteiger partial charge in [0.1, 0.15) is 0 Å². The van der Waals surface area contributed by atoms with Gasteiger partial charge in [0.25, 0.3) is 0 Å². The highest BCUT2D eigenvalue weighted by molar-refractivity contribution is 5.32. The van der Waals surface area contributed by atoms with Crippen molar-refractivity contribution in [3.05, 3.63) is 17.0 Å². The molecule has 0 spiro atoms. The van der Waals surface area contributed by atoms with E-state index in [1.807, 2.05) is 0 Å². The van der Waals surface area contributed by atoms with Gasteiger partial charge in [0.2, 0.25) is 0 Å². The number of hydrogen-bond acceptors (Lipinski definition) is 2. The highest BCUT2D eigenvalue weighted by Gasteiger charge is 2.32. The van der Waals surface area contributed by atoms with E-state index < -0.39 is 0 Å². The van der Waals surface area contributed by atoms with Gasteiger partial charge in [-0.15, -0.1) is 0 Å². The van der Waals surface area contributed by atoms with Crippen molar-refractivity contribution in [2.24, 2.45) is 0 Å². The van der Waals surface area contributed by atoms with Gasteiger partial charge in [0.15, 0.2) is 0 Å². The first-order valence-corrected chi connectivity index (χ1v) is 7.72. The lowest BCUT2D eigenvalue weighted by Crippen LogP contribution is -2.35. The molecule has 0 bridgehead atoms. The Kier molecular flexibility index (Phi) is 2.68. The predicted molar refractivity (Wildman–Crippen MR) is 71.8 cm³/mol. The molecule has 2 saturated carbocycles. The largest absolute Gasteiger partial charge is 0.300 e. The lowest BCUT2D eigenvalue weighted by atomic mass is 10.1. The summed E-state index contributed by atoms with van der Waals surface area (Å²) in [6.07, 6.45) is 10.9. The molecule has 2 fully saturated rings. The molecule has 1 aromatic rings. The van der Waals surface area contributed by atoms with Crippen molar-refractivity contribution < 1.29 is 0 Å². The number of nitrogens with zero attached hydrogens (tertiary/aromatic N) is 2. The summed E-state index contributed by atoms with van der Waals surface area (Å²) < 4.78 is 0. The quantitative estimate of drug-likeness (QED) is 0.868. The zero-order valence-corrected chi connectivity index (χ0v) is 11.1. The molecule has 2 aliphatic carbocycles. The number of fused-ring (bicyclic) bond motifs is 1. The maximum Gasteiger partial charge on any atom is 0.0688 e. The second kappa shape index (κ2) is 4.37. The molecule has 3 nitrogen and oxygen atoms in total. The van der Waals surface area contributed by atoms with E-state index in [1.165, 1.54) is 75.8 Å². The number of aromatic amines is 1. The van der Waals surface area contributed by atoms with Crippen molar-refractivity contribution in [2.75, 3.05) is 13.1 Å². The Morgan fingerprint density at radius 2 is 1.78 bits per heavy atom. The van der Waals surface area contributed by atoms with Crippen LogP contribution in [0.5, 0.6) is 0 Å². The van der Waals surface area contributed by atoms with Crippen LogP contribution in [0.3, 0.4) is 0 Å². The molecule has 18 heavy (non-hydrogen) atoms. The zero-order valence-electron chi connectivity index (χ0n) is 11.1. The summed E-state index contributed by atoms with van der Waals surface area (Å²) in [5, 5.41) is 7.90. The molecule has 0 saturated heterocycles. The minimum atomic E-state index is 0.794. The average Bonchev–Trinajstić information content (AvgIpc) is 3.01. The van der Waals surface area contributed by atoms with Crippen LogP contribution in [0.15, 0.2) is 0 Å². The van der Waals surface area contributed by atoms with E-state index >= 15 is 0 Å². The summed E-state index contributed by atoms with van der Waals surface area (Å²) in [4.78, 5) is 2.75. The van der Waals surface area contributed by atoms with Gasteiger partial charge in [0.05, 0.1) is 5.69 Å². The molecule has 98 valence electrons. The maximum atomic E-state index is 4.58. The third-order valence-electron chi connectivity index (χ3n) is 5.09. The molecule has 0 unspecified atom stereocenters. The fourth-order valence-corrected chi connectivity index (χ4v) is 3.85. The van der Waals surface area contributed by atoms with E-state index in [2.05, 4.69) is 15.1 Å². The topological polar surface area (TPSA) is 31.9 Å². The van der Waals surface area contributed by atoms with Crippen molar-refractivity contribution in [1.82, 2.24) is 15.1 Å². The van der Waals surface area contributed by atoms with Crippen molar-refractivity contribution in [3.63, 3.8) is 0 Å². The summed E-state index contributed by atoms with van der Waals surface area (Å²) in [6.45, 7) is 2.50. The van der Waals surface area contributed by atoms with E-state index in [0.717, 1.165) is 12.0 Å². The van der Waals surface area contributed by atoms with Gasteiger partial charge >= 0.3 is 0 Å². The van der Waals surface area contributed by atoms with Crippen LogP contribution in [-0.4, -0.2) is 34.2 Å². The van der Waals surface area contributed by atoms with E-state index in [-0.39, 0.29) is 0 Å². The predicted octanol–water partition coefficient (Wildman–Crippen LogP) is 2.63. The van der Waals surface area contributed by atoms with Gasteiger partial charge in [-0.2, -0.15) is 5.10 Å². The summed E-state index contributed by atoms with van der Waals surface area (Å²) in [5.74, 6) is 0.794. The molecule has 0 radical (unpaired) electrons. The Hall–Kier alpha value is -0.830. The highest BCUT2D eigenvalue weighted by atomic mass is 15.2. The lowest BCUT2D eigenvalue weighted by Gasteiger charge is -2.26. The Balaban J connectivity index is 1.51. The Morgan fingerprint density at radius 3 is 2.56 bits per heavy atom. The molecule has 1 aliphatic heterocycles. The molecule has 4 rings (SSSR count).